The number of halogens is 5. The monoisotopic (exact) mass is 251 g/mol. The number of nitrogens with two attached hydrogens (primary N) is 1. The van der Waals surface area contributed by atoms with E-state index in [4.69, 9.17) is 17.3 Å². The molecule has 0 fully saturated rings. The fourth-order valence-electron chi connectivity index (χ4n) is 0.676. The highest BCUT2D eigenvalue weighted by molar-refractivity contribution is 7.10. The molecule has 0 unspecified atom stereocenters. The van der Waals surface area contributed by atoms with Crippen molar-refractivity contribution in [2.24, 2.45) is 5.73 Å². The summed E-state index contributed by atoms with van der Waals surface area (Å²) in [7, 11) is 0. The van der Waals surface area contributed by atoms with Crippen molar-refractivity contribution in [1.29, 1.82) is 0 Å². The van der Waals surface area contributed by atoms with Gasteiger partial charge in [-0.05, 0) is 11.4 Å². The van der Waals surface area contributed by atoms with Crippen LogP contribution in [0.3, 0.4) is 0 Å². The van der Waals surface area contributed by atoms with Crippen LogP contribution in [-0.4, -0.2) is 6.18 Å². The van der Waals surface area contributed by atoms with Gasteiger partial charge in [0.15, 0.2) is 0 Å². The standard InChI is InChI=1S/C6H5ClF3NS.ClH/c7-3-1-2-12-4(3)5(11)6(8,9)10;/h1-2,5H,11H2;1H/t5-;/m1./s1. The molecule has 76 valence electrons. The minimum atomic E-state index is -4.42. The summed E-state index contributed by atoms with van der Waals surface area (Å²) in [6.07, 6.45) is -4.42. The van der Waals surface area contributed by atoms with Gasteiger partial charge in [-0.1, -0.05) is 11.6 Å². The summed E-state index contributed by atoms with van der Waals surface area (Å²) in [5, 5.41) is 1.55. The largest absolute Gasteiger partial charge is 0.408 e. The second kappa shape index (κ2) is 4.50. The number of hydrogen-bond acceptors (Lipinski definition) is 2. The van der Waals surface area contributed by atoms with Gasteiger partial charge in [0.25, 0.3) is 0 Å². The zero-order valence-corrected chi connectivity index (χ0v) is 8.53. The molecule has 1 nitrogen and oxygen atoms in total. The molecule has 7 heteroatoms. The van der Waals surface area contributed by atoms with Crippen LogP contribution in [0.15, 0.2) is 11.4 Å². The third-order valence-electron chi connectivity index (χ3n) is 1.28. The van der Waals surface area contributed by atoms with Gasteiger partial charge >= 0.3 is 6.18 Å². The molecule has 0 bridgehead atoms. The Labute approximate surface area is 88.1 Å². The van der Waals surface area contributed by atoms with Crippen LogP contribution in [0.4, 0.5) is 13.2 Å². The molecular weight excluding hydrogens is 246 g/mol. The maximum absolute atomic E-state index is 12.0. The van der Waals surface area contributed by atoms with Gasteiger partial charge in [-0.2, -0.15) is 13.2 Å². The highest BCUT2D eigenvalue weighted by Gasteiger charge is 2.39. The number of rotatable bonds is 1. The topological polar surface area (TPSA) is 26.0 Å². The summed E-state index contributed by atoms with van der Waals surface area (Å²) in [6, 6.07) is -0.572. The lowest BCUT2D eigenvalue weighted by Crippen LogP contribution is -2.27. The third-order valence-corrected chi connectivity index (χ3v) is 2.72. The predicted molar refractivity (Wildman–Crippen MR) is 49.6 cm³/mol. The van der Waals surface area contributed by atoms with Crippen molar-refractivity contribution in [3.8, 4) is 0 Å². The molecule has 0 aliphatic carbocycles. The third kappa shape index (κ3) is 3.02. The van der Waals surface area contributed by atoms with E-state index in [0.717, 1.165) is 11.3 Å². The average molecular weight is 252 g/mol. The molecule has 0 saturated carbocycles. The van der Waals surface area contributed by atoms with Crippen molar-refractivity contribution in [3.63, 3.8) is 0 Å². The van der Waals surface area contributed by atoms with Crippen LogP contribution in [-0.2, 0) is 0 Å². The van der Waals surface area contributed by atoms with Gasteiger partial charge in [0.2, 0.25) is 0 Å². The van der Waals surface area contributed by atoms with Crippen molar-refractivity contribution in [3.05, 3.63) is 21.3 Å². The van der Waals surface area contributed by atoms with Gasteiger partial charge in [0, 0.05) is 4.88 Å². The summed E-state index contributed by atoms with van der Waals surface area (Å²) in [5.41, 5.74) is 4.92. The lowest BCUT2D eigenvalue weighted by atomic mass is 10.2. The molecule has 13 heavy (non-hydrogen) atoms. The molecule has 0 amide bonds. The quantitative estimate of drug-likeness (QED) is 0.814. The summed E-state index contributed by atoms with van der Waals surface area (Å²) in [5.74, 6) is 0. The van der Waals surface area contributed by atoms with Gasteiger partial charge in [-0.3, -0.25) is 0 Å². The van der Waals surface area contributed by atoms with Gasteiger partial charge in [-0.15, -0.1) is 23.7 Å². The molecule has 2 N–H and O–H groups in total. The number of hydrogen-bond donors (Lipinski definition) is 1. The van der Waals surface area contributed by atoms with Crippen LogP contribution in [0, 0.1) is 0 Å². The SMILES string of the molecule is Cl.N[C@H](c1sccc1Cl)C(F)(F)F. The van der Waals surface area contributed by atoms with Crippen molar-refractivity contribution < 1.29 is 13.2 Å². The van der Waals surface area contributed by atoms with E-state index in [1.807, 2.05) is 0 Å². The zero-order valence-electron chi connectivity index (χ0n) is 6.14. The Morgan fingerprint density at radius 2 is 2.00 bits per heavy atom. The van der Waals surface area contributed by atoms with Crippen LogP contribution in [0.25, 0.3) is 0 Å². The van der Waals surface area contributed by atoms with E-state index in [-0.39, 0.29) is 22.3 Å². The second-order valence-corrected chi connectivity index (χ2v) is 3.51. The van der Waals surface area contributed by atoms with E-state index < -0.39 is 12.2 Å². The molecule has 1 aromatic heterocycles. The smallest absolute Gasteiger partial charge is 0.316 e. The van der Waals surface area contributed by atoms with Crippen LogP contribution in [0.1, 0.15) is 10.9 Å². The minimum absolute atomic E-state index is 0. The van der Waals surface area contributed by atoms with Crippen molar-refractivity contribution in [1.82, 2.24) is 0 Å². The fourth-order valence-corrected chi connectivity index (χ4v) is 1.88. The first-order valence-corrected chi connectivity index (χ1v) is 4.24. The minimum Gasteiger partial charge on any atom is -0.316 e. The molecule has 1 heterocycles. The molecule has 0 spiro atoms. The highest BCUT2D eigenvalue weighted by atomic mass is 35.5. The van der Waals surface area contributed by atoms with Gasteiger partial charge in [0.1, 0.15) is 6.04 Å². The number of thiophene rings is 1. The predicted octanol–water partition coefficient (Wildman–Crippen LogP) is 3.39. The van der Waals surface area contributed by atoms with Crippen LogP contribution < -0.4 is 5.73 Å². The lowest BCUT2D eigenvalue weighted by molar-refractivity contribution is -0.148. The van der Waals surface area contributed by atoms with Gasteiger partial charge in [0.05, 0.1) is 5.02 Å². The first-order chi connectivity index (χ1) is 5.43. The Bertz CT molecular complexity index is 273. The average Bonchev–Trinajstić information content (AvgIpc) is 2.31. The van der Waals surface area contributed by atoms with Crippen LogP contribution in [0.5, 0.6) is 0 Å². The molecule has 0 aromatic carbocycles. The maximum atomic E-state index is 12.0. The summed E-state index contributed by atoms with van der Waals surface area (Å²) >= 11 is 6.38. The van der Waals surface area contributed by atoms with E-state index in [1.54, 1.807) is 0 Å². The Morgan fingerprint density at radius 1 is 1.46 bits per heavy atom. The Morgan fingerprint density at radius 3 is 2.31 bits per heavy atom. The lowest BCUT2D eigenvalue weighted by Gasteiger charge is -2.13. The van der Waals surface area contributed by atoms with Crippen molar-refractivity contribution in [2.45, 2.75) is 12.2 Å². The Kier molecular flexibility index (Phi) is 4.51. The molecule has 0 saturated heterocycles. The molecule has 0 aliphatic heterocycles. The summed E-state index contributed by atoms with van der Waals surface area (Å²) < 4.78 is 36.0. The molecule has 1 atom stereocenters. The Balaban J connectivity index is 0.00000144. The van der Waals surface area contributed by atoms with Gasteiger partial charge in [-0.25, -0.2) is 0 Å². The first kappa shape index (κ1) is 13.0. The molecular formula is C6H6Cl2F3NS. The van der Waals surface area contributed by atoms with Crippen LogP contribution >= 0.6 is 35.3 Å². The van der Waals surface area contributed by atoms with Gasteiger partial charge < -0.3 is 5.73 Å². The second-order valence-electron chi connectivity index (χ2n) is 2.15. The zero-order chi connectivity index (χ0) is 9.35. The van der Waals surface area contributed by atoms with E-state index in [9.17, 15) is 13.2 Å². The highest BCUT2D eigenvalue weighted by Crippen LogP contribution is 2.36. The van der Waals surface area contributed by atoms with E-state index in [0.29, 0.717) is 0 Å². The number of alkyl halides is 3. The maximum Gasteiger partial charge on any atom is 0.408 e. The van der Waals surface area contributed by atoms with E-state index in [1.165, 1.54) is 11.4 Å². The summed E-state index contributed by atoms with van der Waals surface area (Å²) in [6.45, 7) is 0. The fraction of sp³-hybridized carbons (Fsp3) is 0.333. The molecule has 0 radical (unpaired) electrons. The van der Waals surface area contributed by atoms with Crippen molar-refractivity contribution in [2.75, 3.05) is 0 Å². The molecule has 1 aromatic rings. The first-order valence-electron chi connectivity index (χ1n) is 2.98. The molecule has 1 rings (SSSR count). The normalized spacial score (nSPS) is 13.6. The summed E-state index contributed by atoms with van der Waals surface area (Å²) in [4.78, 5) is -0.0378. The van der Waals surface area contributed by atoms with E-state index >= 15 is 0 Å². The Hall–Kier alpha value is 0.0300. The molecule has 0 aliphatic rings. The van der Waals surface area contributed by atoms with E-state index in [2.05, 4.69) is 0 Å². The van der Waals surface area contributed by atoms with Crippen molar-refractivity contribution >= 4 is 35.3 Å². The van der Waals surface area contributed by atoms with Crippen LogP contribution in [0.2, 0.25) is 5.02 Å².